The highest BCUT2D eigenvalue weighted by Crippen LogP contribution is 2.45. The fourth-order valence-corrected chi connectivity index (χ4v) is 4.78. The Morgan fingerprint density at radius 2 is 1.83 bits per heavy atom. The Bertz CT molecular complexity index is 1400. The van der Waals surface area contributed by atoms with Crippen LogP contribution < -0.4 is 4.90 Å². The first-order valence-corrected chi connectivity index (χ1v) is 12.5. The van der Waals surface area contributed by atoms with Crippen LogP contribution in [0.2, 0.25) is 5.15 Å². The van der Waals surface area contributed by atoms with Crippen LogP contribution in [0.25, 0.3) is 22.3 Å². The van der Waals surface area contributed by atoms with Crippen LogP contribution in [0.1, 0.15) is 29.9 Å². The Morgan fingerprint density at radius 1 is 1.03 bits per heavy atom. The van der Waals surface area contributed by atoms with Crippen LogP contribution in [0, 0.1) is 0 Å². The van der Waals surface area contributed by atoms with Gasteiger partial charge in [0.05, 0.1) is 11.7 Å². The molecule has 6 rings (SSSR count). The second kappa shape index (κ2) is 9.70. The third-order valence-corrected chi connectivity index (χ3v) is 6.87. The molecule has 0 bridgehead atoms. The Kier molecular flexibility index (Phi) is 6.11. The zero-order valence-electron chi connectivity index (χ0n) is 19.7. The molecule has 182 valence electrons. The first kappa shape index (κ1) is 22.7. The van der Waals surface area contributed by atoms with Crippen LogP contribution in [0.15, 0.2) is 61.1 Å². The van der Waals surface area contributed by atoms with E-state index < -0.39 is 0 Å². The summed E-state index contributed by atoms with van der Waals surface area (Å²) in [5.74, 6) is 1.96. The van der Waals surface area contributed by atoms with E-state index in [-0.39, 0.29) is 12.7 Å². The molecule has 36 heavy (non-hydrogen) atoms. The summed E-state index contributed by atoms with van der Waals surface area (Å²) in [6.45, 7) is 2.68. The second-order valence-corrected chi connectivity index (χ2v) is 9.54. The quantitative estimate of drug-likeness (QED) is 0.353. The Hall–Kier alpha value is -3.78. The molecule has 3 aromatic heterocycles. The number of carbonyl (C=O) groups is 1. The van der Waals surface area contributed by atoms with Gasteiger partial charge in [-0.2, -0.15) is 0 Å². The van der Waals surface area contributed by atoms with Crippen LogP contribution >= 0.6 is 11.6 Å². The van der Waals surface area contributed by atoms with E-state index in [4.69, 9.17) is 26.3 Å². The summed E-state index contributed by atoms with van der Waals surface area (Å²) in [5, 5.41) is 1.45. The molecule has 8 nitrogen and oxygen atoms in total. The third-order valence-electron chi connectivity index (χ3n) is 6.66. The molecule has 1 saturated carbocycles. The Labute approximate surface area is 213 Å². The lowest BCUT2D eigenvalue weighted by Gasteiger charge is -2.35. The number of ether oxygens (including phenoxy) is 1. The highest BCUT2D eigenvalue weighted by atomic mass is 35.5. The first-order valence-electron chi connectivity index (χ1n) is 12.1. The monoisotopic (exact) mass is 500 g/mol. The lowest BCUT2D eigenvalue weighted by molar-refractivity contribution is 0.0941. The zero-order valence-corrected chi connectivity index (χ0v) is 20.4. The number of amides is 1. The van der Waals surface area contributed by atoms with Crippen molar-refractivity contribution in [3.05, 3.63) is 77.3 Å². The van der Waals surface area contributed by atoms with Crippen LogP contribution in [0.4, 0.5) is 10.6 Å². The minimum Gasteiger partial charge on any atom is -0.445 e. The molecule has 4 heterocycles. The summed E-state index contributed by atoms with van der Waals surface area (Å²) >= 11 is 6.15. The largest absolute Gasteiger partial charge is 0.445 e. The standard InChI is InChI=1S/C27H25ClN6O2/c28-23-14-20(8-9-30-23)25-31-22-16-29-15-21(19-6-7-19)24(22)26(32-25)33-10-12-34(13-11-33)27(35)36-17-18-4-2-1-3-5-18/h1-5,8-9,14-16,19H,6-7,10-13,17H2. The van der Waals surface area contributed by atoms with Gasteiger partial charge in [-0.25, -0.2) is 19.7 Å². The molecule has 1 amide bonds. The minimum atomic E-state index is -0.291. The van der Waals surface area contributed by atoms with Crippen LogP contribution in [0.5, 0.6) is 0 Å². The number of halogens is 1. The third kappa shape index (κ3) is 4.68. The van der Waals surface area contributed by atoms with Crippen LogP contribution in [0.3, 0.4) is 0 Å². The van der Waals surface area contributed by atoms with Crippen molar-refractivity contribution < 1.29 is 9.53 Å². The number of piperazine rings is 1. The fourth-order valence-electron chi connectivity index (χ4n) is 4.60. The van der Waals surface area contributed by atoms with Crippen molar-refractivity contribution in [2.45, 2.75) is 25.4 Å². The summed E-state index contributed by atoms with van der Waals surface area (Å²) in [4.78, 5) is 35.1. The van der Waals surface area contributed by atoms with Gasteiger partial charge in [0.2, 0.25) is 0 Å². The molecule has 1 aliphatic carbocycles. The number of carbonyl (C=O) groups excluding carboxylic acids is 1. The smallest absolute Gasteiger partial charge is 0.410 e. The zero-order chi connectivity index (χ0) is 24.5. The van der Waals surface area contributed by atoms with Gasteiger partial charge in [-0.3, -0.25) is 4.98 Å². The van der Waals surface area contributed by atoms with Crippen LogP contribution in [-0.4, -0.2) is 57.1 Å². The number of nitrogens with zero attached hydrogens (tertiary/aromatic N) is 6. The summed E-state index contributed by atoms with van der Waals surface area (Å²) in [7, 11) is 0. The predicted molar refractivity (Wildman–Crippen MR) is 138 cm³/mol. The number of aromatic nitrogens is 4. The van der Waals surface area contributed by atoms with Gasteiger partial charge in [-0.15, -0.1) is 0 Å². The van der Waals surface area contributed by atoms with Gasteiger partial charge in [-0.05, 0) is 42.0 Å². The van der Waals surface area contributed by atoms with Crippen molar-refractivity contribution in [1.29, 1.82) is 0 Å². The van der Waals surface area contributed by atoms with E-state index in [1.807, 2.05) is 42.6 Å². The summed E-state index contributed by atoms with van der Waals surface area (Å²) < 4.78 is 5.54. The van der Waals surface area contributed by atoms with Gasteiger partial charge in [0.25, 0.3) is 0 Å². The average Bonchev–Trinajstić information content (AvgIpc) is 3.77. The summed E-state index contributed by atoms with van der Waals surface area (Å²) in [6.07, 6.45) is 7.43. The molecule has 0 radical (unpaired) electrons. The van der Waals surface area contributed by atoms with E-state index >= 15 is 0 Å². The highest BCUT2D eigenvalue weighted by Gasteiger charge is 2.30. The average molecular weight is 501 g/mol. The normalized spacial score (nSPS) is 15.8. The van der Waals surface area contributed by atoms with Gasteiger partial charge < -0.3 is 14.5 Å². The molecule has 9 heteroatoms. The lowest BCUT2D eigenvalue weighted by atomic mass is 10.1. The SMILES string of the molecule is O=C(OCc1ccccc1)N1CCN(c2nc(-c3ccnc(Cl)c3)nc3cncc(C4CC4)c23)CC1. The van der Waals surface area contributed by atoms with E-state index in [0.29, 0.717) is 43.1 Å². The van der Waals surface area contributed by atoms with Gasteiger partial charge in [0, 0.05) is 49.5 Å². The van der Waals surface area contributed by atoms with Crippen molar-refractivity contribution >= 4 is 34.4 Å². The maximum absolute atomic E-state index is 12.7. The second-order valence-electron chi connectivity index (χ2n) is 9.15. The highest BCUT2D eigenvalue weighted by molar-refractivity contribution is 6.29. The van der Waals surface area contributed by atoms with E-state index in [1.165, 1.54) is 5.56 Å². The molecule has 0 unspecified atom stereocenters. The number of benzene rings is 1. The van der Waals surface area contributed by atoms with Gasteiger partial charge in [0.15, 0.2) is 5.82 Å². The molecular weight excluding hydrogens is 476 g/mol. The predicted octanol–water partition coefficient (Wildman–Crippen LogP) is 5.08. The van der Waals surface area contributed by atoms with E-state index in [9.17, 15) is 4.79 Å². The number of rotatable bonds is 5. The Balaban J connectivity index is 1.26. The first-order chi connectivity index (χ1) is 17.7. The molecule has 1 aliphatic heterocycles. The van der Waals surface area contributed by atoms with Gasteiger partial charge in [-0.1, -0.05) is 41.9 Å². The van der Waals surface area contributed by atoms with Crippen molar-refractivity contribution in [2.24, 2.45) is 0 Å². The molecule has 0 N–H and O–H groups in total. The van der Waals surface area contributed by atoms with Crippen LogP contribution in [-0.2, 0) is 11.3 Å². The molecule has 4 aromatic rings. The van der Waals surface area contributed by atoms with Crippen molar-refractivity contribution in [2.75, 3.05) is 31.1 Å². The maximum Gasteiger partial charge on any atom is 0.410 e. The topological polar surface area (TPSA) is 84.3 Å². The number of fused-ring (bicyclic) bond motifs is 1. The maximum atomic E-state index is 12.7. The number of hydrogen-bond donors (Lipinski definition) is 0. The molecular formula is C27H25ClN6O2. The van der Waals surface area contributed by atoms with Crippen molar-refractivity contribution in [3.63, 3.8) is 0 Å². The number of hydrogen-bond acceptors (Lipinski definition) is 7. The summed E-state index contributed by atoms with van der Waals surface area (Å²) in [5.41, 5.74) is 3.79. The lowest BCUT2D eigenvalue weighted by Crippen LogP contribution is -2.49. The van der Waals surface area contributed by atoms with E-state index in [2.05, 4.69) is 14.9 Å². The summed E-state index contributed by atoms with van der Waals surface area (Å²) in [6, 6.07) is 13.3. The van der Waals surface area contributed by atoms with E-state index in [1.54, 1.807) is 23.4 Å². The van der Waals surface area contributed by atoms with Gasteiger partial charge >= 0.3 is 6.09 Å². The molecule has 0 spiro atoms. The molecule has 2 aliphatic rings. The number of pyridine rings is 2. The minimum absolute atomic E-state index is 0.270. The van der Waals surface area contributed by atoms with Crippen molar-refractivity contribution in [1.82, 2.24) is 24.8 Å². The van der Waals surface area contributed by atoms with Gasteiger partial charge in [0.1, 0.15) is 17.6 Å². The fraction of sp³-hybridized carbons (Fsp3) is 0.296. The molecule has 1 saturated heterocycles. The number of anilines is 1. The Morgan fingerprint density at radius 3 is 2.58 bits per heavy atom. The molecule has 0 atom stereocenters. The molecule has 1 aromatic carbocycles. The van der Waals surface area contributed by atoms with Crippen molar-refractivity contribution in [3.8, 4) is 11.4 Å². The van der Waals surface area contributed by atoms with E-state index in [0.717, 1.165) is 40.7 Å². The molecule has 2 fully saturated rings.